The zero-order valence-electron chi connectivity index (χ0n) is 14.3. The molecule has 0 saturated heterocycles. The van der Waals surface area contributed by atoms with E-state index in [2.05, 4.69) is 29.8 Å². The largest absolute Gasteiger partial charge is 0.308 e. The van der Waals surface area contributed by atoms with Crippen molar-refractivity contribution in [3.05, 3.63) is 48.3 Å². The first-order valence-electron chi connectivity index (χ1n) is 8.11. The van der Waals surface area contributed by atoms with Crippen molar-refractivity contribution in [2.24, 2.45) is 0 Å². The van der Waals surface area contributed by atoms with Crippen molar-refractivity contribution in [1.29, 1.82) is 0 Å². The van der Waals surface area contributed by atoms with Gasteiger partial charge in [-0.1, -0.05) is 36.0 Å². The van der Waals surface area contributed by atoms with Crippen molar-refractivity contribution in [3.8, 4) is 0 Å². The molecule has 6 heteroatoms. The minimum Gasteiger partial charge on any atom is -0.308 e. The standard InChI is InChI=1S/C18H22N4OS/c1-5-10-21-14(4)19-20-18(21)24-13(3)17(23)22-12(2)11-15-8-6-7-9-16(15)22/h5-9,12-13H,1,10-11H2,2-4H3. The van der Waals surface area contributed by atoms with E-state index in [1.165, 1.54) is 17.3 Å². The number of para-hydroxylation sites is 1. The fourth-order valence-electron chi connectivity index (χ4n) is 3.09. The summed E-state index contributed by atoms with van der Waals surface area (Å²) in [6, 6.07) is 8.32. The zero-order chi connectivity index (χ0) is 17.3. The second kappa shape index (κ2) is 6.81. The fourth-order valence-corrected chi connectivity index (χ4v) is 4.05. The van der Waals surface area contributed by atoms with E-state index >= 15 is 0 Å². The Hall–Kier alpha value is -2.08. The van der Waals surface area contributed by atoms with Gasteiger partial charge in [0.2, 0.25) is 5.91 Å². The third kappa shape index (κ3) is 2.98. The molecule has 0 N–H and O–H groups in total. The summed E-state index contributed by atoms with van der Waals surface area (Å²) in [4.78, 5) is 15.0. The van der Waals surface area contributed by atoms with Crippen LogP contribution in [0.1, 0.15) is 25.2 Å². The van der Waals surface area contributed by atoms with Crippen LogP contribution >= 0.6 is 11.8 Å². The number of carbonyl (C=O) groups excluding carboxylic acids is 1. The van der Waals surface area contributed by atoms with Gasteiger partial charge in [-0.2, -0.15) is 0 Å². The van der Waals surface area contributed by atoms with Crippen LogP contribution in [0.2, 0.25) is 0 Å². The smallest absolute Gasteiger partial charge is 0.240 e. The van der Waals surface area contributed by atoms with Gasteiger partial charge in [-0.25, -0.2) is 0 Å². The van der Waals surface area contributed by atoms with E-state index in [0.717, 1.165) is 23.1 Å². The molecule has 2 atom stereocenters. The van der Waals surface area contributed by atoms with Crippen LogP contribution in [0.4, 0.5) is 5.69 Å². The van der Waals surface area contributed by atoms with Crippen LogP contribution in [0.5, 0.6) is 0 Å². The molecule has 1 aliphatic heterocycles. The molecule has 1 aromatic carbocycles. The molecule has 0 aliphatic carbocycles. The molecule has 5 nitrogen and oxygen atoms in total. The second-order valence-electron chi connectivity index (χ2n) is 6.08. The van der Waals surface area contributed by atoms with Crippen LogP contribution < -0.4 is 4.90 Å². The first-order valence-corrected chi connectivity index (χ1v) is 8.99. The number of carbonyl (C=O) groups is 1. The van der Waals surface area contributed by atoms with Crippen molar-refractivity contribution >= 4 is 23.4 Å². The Labute approximate surface area is 146 Å². The number of fused-ring (bicyclic) bond motifs is 1. The number of aromatic nitrogens is 3. The molecular weight excluding hydrogens is 320 g/mol. The van der Waals surface area contributed by atoms with Crippen molar-refractivity contribution in [2.45, 2.75) is 50.2 Å². The quantitative estimate of drug-likeness (QED) is 0.618. The van der Waals surface area contributed by atoms with E-state index in [0.29, 0.717) is 6.54 Å². The number of allylic oxidation sites excluding steroid dienone is 1. The third-order valence-corrected chi connectivity index (χ3v) is 5.36. The second-order valence-corrected chi connectivity index (χ2v) is 7.39. The number of nitrogens with zero attached hydrogens (tertiary/aromatic N) is 4. The Morgan fingerprint density at radius 3 is 2.96 bits per heavy atom. The van der Waals surface area contributed by atoms with Gasteiger partial charge in [0.15, 0.2) is 5.16 Å². The van der Waals surface area contributed by atoms with Gasteiger partial charge in [0.05, 0.1) is 5.25 Å². The molecule has 0 fully saturated rings. The lowest BCUT2D eigenvalue weighted by molar-refractivity contribution is -0.118. The van der Waals surface area contributed by atoms with Gasteiger partial charge in [-0.3, -0.25) is 4.79 Å². The van der Waals surface area contributed by atoms with E-state index in [9.17, 15) is 4.79 Å². The van der Waals surface area contributed by atoms with Crippen molar-refractivity contribution < 1.29 is 4.79 Å². The Bertz CT molecular complexity index is 770. The Morgan fingerprint density at radius 1 is 1.46 bits per heavy atom. The van der Waals surface area contributed by atoms with E-state index < -0.39 is 0 Å². The lowest BCUT2D eigenvalue weighted by Crippen LogP contribution is -2.40. The molecule has 126 valence electrons. The van der Waals surface area contributed by atoms with Gasteiger partial charge in [0, 0.05) is 18.3 Å². The number of anilines is 1. The molecule has 1 aromatic heterocycles. The number of hydrogen-bond donors (Lipinski definition) is 0. The summed E-state index contributed by atoms with van der Waals surface area (Å²) in [6.45, 7) is 10.4. The van der Waals surface area contributed by atoms with Crippen molar-refractivity contribution in [1.82, 2.24) is 14.8 Å². The predicted octanol–water partition coefficient (Wildman–Crippen LogP) is 3.23. The number of aryl methyl sites for hydroxylation is 1. The molecule has 0 saturated carbocycles. The highest BCUT2D eigenvalue weighted by atomic mass is 32.2. The van der Waals surface area contributed by atoms with Crippen LogP contribution in [-0.4, -0.2) is 32.0 Å². The highest BCUT2D eigenvalue weighted by Gasteiger charge is 2.33. The normalized spacial score (nSPS) is 17.6. The summed E-state index contributed by atoms with van der Waals surface area (Å²) in [5.41, 5.74) is 2.27. The van der Waals surface area contributed by atoms with Gasteiger partial charge >= 0.3 is 0 Å². The summed E-state index contributed by atoms with van der Waals surface area (Å²) in [5.74, 6) is 0.945. The molecule has 1 aliphatic rings. The maximum Gasteiger partial charge on any atom is 0.240 e. The van der Waals surface area contributed by atoms with Crippen LogP contribution in [0.25, 0.3) is 0 Å². The van der Waals surface area contributed by atoms with Gasteiger partial charge < -0.3 is 9.47 Å². The predicted molar refractivity (Wildman–Crippen MR) is 97.4 cm³/mol. The molecule has 1 amide bonds. The van der Waals surface area contributed by atoms with Crippen molar-refractivity contribution in [3.63, 3.8) is 0 Å². The summed E-state index contributed by atoms with van der Waals surface area (Å²) in [7, 11) is 0. The minimum absolute atomic E-state index is 0.114. The molecule has 0 bridgehead atoms. The lowest BCUT2D eigenvalue weighted by atomic mass is 10.1. The molecule has 2 unspecified atom stereocenters. The van der Waals surface area contributed by atoms with Crippen LogP contribution in [0.3, 0.4) is 0 Å². The van der Waals surface area contributed by atoms with Crippen LogP contribution in [-0.2, 0) is 17.8 Å². The summed E-state index contributed by atoms with van der Waals surface area (Å²) < 4.78 is 1.98. The van der Waals surface area contributed by atoms with Gasteiger partial charge in [0.1, 0.15) is 5.82 Å². The van der Waals surface area contributed by atoms with Crippen LogP contribution in [0, 0.1) is 6.92 Å². The Balaban J connectivity index is 1.80. The molecule has 3 rings (SSSR count). The molecule has 0 radical (unpaired) electrons. The summed E-state index contributed by atoms with van der Waals surface area (Å²) in [6.07, 6.45) is 2.72. The van der Waals surface area contributed by atoms with Gasteiger partial charge in [-0.15, -0.1) is 16.8 Å². The molecular formula is C18H22N4OS. The van der Waals surface area contributed by atoms with Gasteiger partial charge in [-0.05, 0) is 38.8 Å². The average molecular weight is 342 g/mol. The first kappa shape index (κ1) is 16.8. The average Bonchev–Trinajstić information content (AvgIpc) is 3.07. The molecule has 2 aromatic rings. The highest BCUT2D eigenvalue weighted by molar-refractivity contribution is 8.00. The van der Waals surface area contributed by atoms with E-state index in [1.54, 1.807) is 0 Å². The number of rotatable bonds is 5. The number of thioether (sulfide) groups is 1. The number of benzene rings is 1. The zero-order valence-corrected chi connectivity index (χ0v) is 15.1. The van der Waals surface area contributed by atoms with Crippen LogP contribution in [0.15, 0.2) is 42.1 Å². The number of hydrogen-bond acceptors (Lipinski definition) is 4. The molecule has 24 heavy (non-hydrogen) atoms. The highest BCUT2D eigenvalue weighted by Crippen LogP contribution is 2.34. The maximum absolute atomic E-state index is 13.0. The summed E-state index contributed by atoms with van der Waals surface area (Å²) >= 11 is 1.45. The Kier molecular flexibility index (Phi) is 4.76. The fraction of sp³-hybridized carbons (Fsp3) is 0.389. The Morgan fingerprint density at radius 2 is 2.21 bits per heavy atom. The topological polar surface area (TPSA) is 51.0 Å². The van der Waals surface area contributed by atoms with Gasteiger partial charge in [0.25, 0.3) is 0 Å². The maximum atomic E-state index is 13.0. The monoisotopic (exact) mass is 342 g/mol. The third-order valence-electron chi connectivity index (χ3n) is 4.29. The first-order chi connectivity index (χ1) is 11.5. The summed E-state index contributed by atoms with van der Waals surface area (Å²) in [5, 5.41) is 8.85. The molecule has 2 heterocycles. The van der Waals surface area contributed by atoms with E-state index in [-0.39, 0.29) is 17.2 Å². The van der Waals surface area contributed by atoms with Crippen molar-refractivity contribution in [2.75, 3.05) is 4.90 Å². The number of amides is 1. The van der Waals surface area contributed by atoms with E-state index in [1.807, 2.05) is 47.6 Å². The SMILES string of the molecule is C=CCn1c(C)nnc1SC(C)C(=O)N1c2ccccc2CC1C. The molecule has 0 spiro atoms. The minimum atomic E-state index is -0.231. The lowest BCUT2D eigenvalue weighted by Gasteiger charge is -2.25. The van der Waals surface area contributed by atoms with E-state index in [4.69, 9.17) is 0 Å².